The standard InChI is InChI=1S/C21H26N2O5S/c1-4-23(5-2)29(26,27)19-8-6-7-18(13-19)21(25)28-15-20(24)22-14-17-11-9-16(3)10-12-17/h6-13H,4-5,14-15H2,1-3H3,(H,22,24). The van der Waals surface area contributed by atoms with Crippen LogP contribution in [0.4, 0.5) is 0 Å². The monoisotopic (exact) mass is 418 g/mol. The Bertz CT molecular complexity index is 951. The number of nitrogens with zero attached hydrogens (tertiary/aromatic N) is 1. The first kappa shape index (κ1) is 22.6. The predicted octanol–water partition coefficient (Wildman–Crippen LogP) is 2.50. The molecule has 0 atom stereocenters. The molecule has 0 radical (unpaired) electrons. The predicted molar refractivity (Wildman–Crippen MR) is 110 cm³/mol. The van der Waals surface area contributed by atoms with Gasteiger partial charge in [0.2, 0.25) is 10.0 Å². The van der Waals surface area contributed by atoms with Crippen molar-refractivity contribution < 1.29 is 22.7 Å². The first-order chi connectivity index (χ1) is 13.8. The Labute approximate surface area is 171 Å². The summed E-state index contributed by atoms with van der Waals surface area (Å²) in [4.78, 5) is 24.2. The number of esters is 1. The Morgan fingerprint density at radius 2 is 1.69 bits per heavy atom. The van der Waals surface area contributed by atoms with Gasteiger partial charge in [0.1, 0.15) is 0 Å². The summed E-state index contributed by atoms with van der Waals surface area (Å²) in [7, 11) is -3.68. The highest BCUT2D eigenvalue weighted by Crippen LogP contribution is 2.17. The van der Waals surface area contributed by atoms with Crippen LogP contribution in [0.5, 0.6) is 0 Å². The maximum atomic E-state index is 12.6. The van der Waals surface area contributed by atoms with Gasteiger partial charge in [0.05, 0.1) is 10.5 Å². The highest BCUT2D eigenvalue weighted by Gasteiger charge is 2.23. The van der Waals surface area contributed by atoms with Crippen LogP contribution in [0.1, 0.15) is 35.3 Å². The van der Waals surface area contributed by atoms with E-state index in [1.807, 2.05) is 31.2 Å². The Hall–Kier alpha value is -2.71. The minimum Gasteiger partial charge on any atom is -0.452 e. The van der Waals surface area contributed by atoms with Gasteiger partial charge in [0, 0.05) is 19.6 Å². The Kier molecular flexibility index (Phi) is 7.92. The molecule has 0 aliphatic carbocycles. The van der Waals surface area contributed by atoms with E-state index in [-0.39, 0.29) is 10.5 Å². The molecular weight excluding hydrogens is 392 g/mol. The molecule has 2 aromatic carbocycles. The SMILES string of the molecule is CCN(CC)S(=O)(=O)c1cccc(C(=O)OCC(=O)NCc2ccc(C)cc2)c1. The summed E-state index contributed by atoms with van der Waals surface area (Å²) in [5.74, 6) is -1.20. The molecule has 0 heterocycles. The van der Waals surface area contributed by atoms with Crippen molar-refractivity contribution in [3.05, 3.63) is 65.2 Å². The first-order valence-electron chi connectivity index (χ1n) is 9.37. The third kappa shape index (κ3) is 6.13. The minimum absolute atomic E-state index is 0.0134. The Morgan fingerprint density at radius 1 is 1.03 bits per heavy atom. The Balaban J connectivity index is 1.95. The molecule has 1 amide bonds. The molecule has 0 saturated carbocycles. The molecule has 7 nitrogen and oxygen atoms in total. The third-order valence-electron chi connectivity index (χ3n) is 4.36. The molecule has 0 spiro atoms. The van der Waals surface area contributed by atoms with Crippen LogP contribution in [-0.2, 0) is 26.1 Å². The van der Waals surface area contributed by atoms with Gasteiger partial charge in [-0.15, -0.1) is 0 Å². The van der Waals surface area contributed by atoms with Crippen LogP contribution < -0.4 is 5.32 Å². The zero-order valence-corrected chi connectivity index (χ0v) is 17.7. The average Bonchev–Trinajstić information content (AvgIpc) is 2.72. The second-order valence-corrected chi connectivity index (χ2v) is 8.39. The number of hydrogen-bond acceptors (Lipinski definition) is 5. The van der Waals surface area contributed by atoms with E-state index in [2.05, 4.69) is 5.32 Å². The van der Waals surface area contributed by atoms with Crippen LogP contribution in [-0.4, -0.2) is 44.3 Å². The summed E-state index contributed by atoms with van der Waals surface area (Å²) < 4.78 is 31.5. The molecule has 0 unspecified atom stereocenters. The van der Waals surface area contributed by atoms with Crippen LogP contribution in [0.25, 0.3) is 0 Å². The van der Waals surface area contributed by atoms with Crippen LogP contribution in [0, 0.1) is 6.92 Å². The fourth-order valence-corrected chi connectivity index (χ4v) is 4.17. The van der Waals surface area contributed by atoms with Crippen molar-refractivity contribution in [2.75, 3.05) is 19.7 Å². The lowest BCUT2D eigenvalue weighted by molar-refractivity contribution is -0.124. The molecule has 2 rings (SSSR count). The van der Waals surface area contributed by atoms with E-state index in [9.17, 15) is 18.0 Å². The van der Waals surface area contributed by atoms with Crippen molar-refractivity contribution in [3.63, 3.8) is 0 Å². The number of amides is 1. The highest BCUT2D eigenvalue weighted by molar-refractivity contribution is 7.89. The van der Waals surface area contributed by atoms with Crippen molar-refractivity contribution >= 4 is 21.9 Å². The summed E-state index contributed by atoms with van der Waals surface area (Å²) in [6.07, 6.45) is 0. The molecule has 0 aromatic heterocycles. The second-order valence-electron chi connectivity index (χ2n) is 6.46. The van der Waals surface area contributed by atoms with Crippen molar-refractivity contribution in [1.82, 2.24) is 9.62 Å². The summed E-state index contributed by atoms with van der Waals surface area (Å²) in [5.41, 5.74) is 2.13. The van der Waals surface area contributed by atoms with Gasteiger partial charge in [0.15, 0.2) is 6.61 Å². The summed E-state index contributed by atoms with van der Waals surface area (Å²) in [6.45, 7) is 6.00. The van der Waals surface area contributed by atoms with Crippen molar-refractivity contribution in [2.45, 2.75) is 32.2 Å². The molecule has 0 bridgehead atoms. The van der Waals surface area contributed by atoms with Gasteiger partial charge in [0.25, 0.3) is 5.91 Å². The number of benzene rings is 2. The fraction of sp³-hybridized carbons (Fsp3) is 0.333. The topological polar surface area (TPSA) is 92.8 Å². The van der Waals surface area contributed by atoms with Gasteiger partial charge in [-0.1, -0.05) is 49.7 Å². The van der Waals surface area contributed by atoms with E-state index < -0.39 is 28.5 Å². The molecule has 0 fully saturated rings. The van der Waals surface area contributed by atoms with Crippen molar-refractivity contribution in [1.29, 1.82) is 0 Å². The molecular formula is C21H26N2O5S. The van der Waals surface area contributed by atoms with Crippen molar-refractivity contribution in [2.24, 2.45) is 0 Å². The first-order valence-corrected chi connectivity index (χ1v) is 10.8. The Morgan fingerprint density at radius 3 is 2.31 bits per heavy atom. The van der Waals surface area contributed by atoms with Crippen LogP contribution in [0.3, 0.4) is 0 Å². The van der Waals surface area contributed by atoms with E-state index >= 15 is 0 Å². The van der Waals surface area contributed by atoms with Gasteiger partial charge in [-0.3, -0.25) is 4.79 Å². The van der Waals surface area contributed by atoms with Crippen molar-refractivity contribution in [3.8, 4) is 0 Å². The number of nitrogens with one attached hydrogen (secondary N) is 1. The molecule has 29 heavy (non-hydrogen) atoms. The van der Waals surface area contributed by atoms with E-state index in [0.29, 0.717) is 19.6 Å². The molecule has 8 heteroatoms. The van der Waals surface area contributed by atoms with Gasteiger partial charge >= 0.3 is 5.97 Å². The summed E-state index contributed by atoms with van der Waals surface area (Å²) in [5, 5.41) is 2.67. The second kappa shape index (κ2) is 10.2. The zero-order valence-electron chi connectivity index (χ0n) is 16.8. The van der Waals surface area contributed by atoms with Crippen LogP contribution in [0.15, 0.2) is 53.4 Å². The van der Waals surface area contributed by atoms with Gasteiger partial charge in [-0.25, -0.2) is 13.2 Å². The lowest BCUT2D eigenvalue weighted by atomic mass is 10.1. The summed E-state index contributed by atoms with van der Waals surface area (Å²) >= 11 is 0. The lowest BCUT2D eigenvalue weighted by Gasteiger charge is -2.18. The van der Waals surface area contributed by atoms with E-state index in [4.69, 9.17) is 4.74 Å². The van der Waals surface area contributed by atoms with Gasteiger partial charge < -0.3 is 10.1 Å². The van der Waals surface area contributed by atoms with E-state index in [1.54, 1.807) is 13.8 Å². The molecule has 156 valence electrons. The number of rotatable bonds is 9. The minimum atomic E-state index is -3.68. The smallest absolute Gasteiger partial charge is 0.338 e. The summed E-state index contributed by atoms with van der Waals surface area (Å²) in [6, 6.07) is 13.3. The molecule has 2 aromatic rings. The number of sulfonamides is 1. The quantitative estimate of drug-likeness (QED) is 0.632. The number of carbonyl (C=O) groups excluding carboxylic acids is 2. The number of ether oxygens (including phenoxy) is 1. The molecule has 1 N–H and O–H groups in total. The average molecular weight is 419 g/mol. The van der Waals surface area contributed by atoms with Crippen LogP contribution in [0.2, 0.25) is 0 Å². The lowest BCUT2D eigenvalue weighted by Crippen LogP contribution is -2.31. The van der Waals surface area contributed by atoms with Gasteiger partial charge in [-0.05, 0) is 30.7 Å². The largest absolute Gasteiger partial charge is 0.452 e. The molecule has 0 aliphatic heterocycles. The maximum absolute atomic E-state index is 12.6. The number of hydrogen-bond donors (Lipinski definition) is 1. The number of aryl methyl sites for hydroxylation is 1. The molecule has 0 saturated heterocycles. The highest BCUT2D eigenvalue weighted by atomic mass is 32.2. The fourth-order valence-electron chi connectivity index (χ4n) is 2.67. The molecule has 0 aliphatic rings. The van der Waals surface area contributed by atoms with Gasteiger partial charge in [-0.2, -0.15) is 4.31 Å². The third-order valence-corrected chi connectivity index (χ3v) is 6.40. The normalized spacial score (nSPS) is 11.3. The maximum Gasteiger partial charge on any atom is 0.338 e. The number of carbonyl (C=O) groups is 2. The van der Waals surface area contributed by atoms with Crippen LogP contribution >= 0.6 is 0 Å². The van der Waals surface area contributed by atoms with E-state index in [1.165, 1.54) is 28.6 Å². The van der Waals surface area contributed by atoms with E-state index in [0.717, 1.165) is 11.1 Å². The zero-order chi connectivity index (χ0) is 21.4.